The molecule has 0 bridgehead atoms. The van der Waals surface area contributed by atoms with Gasteiger partial charge in [-0.15, -0.1) is 0 Å². The van der Waals surface area contributed by atoms with Gasteiger partial charge < -0.3 is 5.32 Å². The minimum atomic E-state index is -0.0998. The summed E-state index contributed by atoms with van der Waals surface area (Å²) in [4.78, 5) is 23.8. The van der Waals surface area contributed by atoms with Crippen molar-refractivity contribution in [1.82, 2.24) is 15.1 Å². The smallest absolute Gasteiger partial charge is 0.221 e. The summed E-state index contributed by atoms with van der Waals surface area (Å²) in [7, 11) is 0. The predicted octanol–water partition coefficient (Wildman–Crippen LogP) is 2.54. The lowest BCUT2D eigenvalue weighted by Crippen LogP contribution is -2.26. The van der Waals surface area contributed by atoms with E-state index in [1.807, 2.05) is 36.4 Å². The number of carbonyl (C=O) groups excluding carboxylic acids is 1. The molecule has 0 aliphatic rings. The normalized spacial score (nSPS) is 10.7. The first kappa shape index (κ1) is 16.9. The molecule has 0 atom stereocenters. The van der Waals surface area contributed by atoms with Crippen LogP contribution in [0.25, 0.3) is 10.9 Å². The Balaban J connectivity index is 1.48. The Morgan fingerprint density at radius 2 is 1.80 bits per heavy atom. The second kappa shape index (κ2) is 8.24. The lowest BCUT2D eigenvalue weighted by atomic mass is 10.1. The second-order valence-electron chi connectivity index (χ2n) is 5.94. The number of aromatic nitrogens is 2. The first-order valence-corrected chi connectivity index (χ1v) is 8.49. The molecule has 0 saturated heterocycles. The number of amides is 1. The van der Waals surface area contributed by atoms with Gasteiger partial charge in [-0.05, 0) is 30.5 Å². The maximum atomic E-state index is 12.0. The number of para-hydroxylation sites is 1. The average molecular weight is 335 g/mol. The fourth-order valence-electron chi connectivity index (χ4n) is 2.80. The molecule has 0 aliphatic heterocycles. The molecule has 1 N–H and O–H groups in total. The molecule has 0 saturated carbocycles. The number of hydrogen-bond donors (Lipinski definition) is 1. The zero-order chi connectivity index (χ0) is 17.5. The summed E-state index contributed by atoms with van der Waals surface area (Å²) in [5.41, 5.74) is 1.93. The number of rotatable bonds is 7. The largest absolute Gasteiger partial charge is 0.356 e. The molecule has 128 valence electrons. The van der Waals surface area contributed by atoms with Crippen molar-refractivity contribution in [2.75, 3.05) is 6.54 Å². The highest BCUT2D eigenvalue weighted by molar-refractivity contribution is 5.79. The molecule has 0 fully saturated rings. The first-order chi connectivity index (χ1) is 12.2. The minimum Gasteiger partial charge on any atom is -0.356 e. The van der Waals surface area contributed by atoms with Crippen LogP contribution < -0.4 is 10.7 Å². The van der Waals surface area contributed by atoms with E-state index in [2.05, 4.69) is 22.5 Å². The van der Waals surface area contributed by atoms with E-state index in [1.165, 1.54) is 11.8 Å². The molecule has 1 amide bonds. The molecule has 5 nitrogen and oxygen atoms in total. The summed E-state index contributed by atoms with van der Waals surface area (Å²) in [6, 6.07) is 17.5. The zero-order valence-electron chi connectivity index (χ0n) is 14.0. The second-order valence-corrected chi connectivity index (χ2v) is 5.94. The standard InChI is InChI=1S/C20H21N3O2/c24-19-15-22-23(18-11-5-4-10-17(18)19)14-12-20(25)21-13-6-9-16-7-2-1-3-8-16/h1-5,7-8,10-11,15H,6,9,12-14H2,(H,21,25). The Hall–Kier alpha value is -2.95. The van der Waals surface area contributed by atoms with Crippen LogP contribution in [0.1, 0.15) is 18.4 Å². The van der Waals surface area contributed by atoms with Crippen LogP contribution in [0.4, 0.5) is 0 Å². The molecule has 3 aromatic rings. The quantitative estimate of drug-likeness (QED) is 0.675. The van der Waals surface area contributed by atoms with Crippen LogP contribution in [0.3, 0.4) is 0 Å². The van der Waals surface area contributed by atoms with Gasteiger partial charge in [0.05, 0.1) is 18.3 Å². The van der Waals surface area contributed by atoms with Crippen molar-refractivity contribution in [3.63, 3.8) is 0 Å². The number of carbonyl (C=O) groups is 1. The van der Waals surface area contributed by atoms with Gasteiger partial charge in [-0.2, -0.15) is 5.10 Å². The molecular formula is C20H21N3O2. The van der Waals surface area contributed by atoms with Gasteiger partial charge in [0.15, 0.2) is 0 Å². The molecular weight excluding hydrogens is 314 g/mol. The molecule has 1 heterocycles. The number of nitrogens with zero attached hydrogens (tertiary/aromatic N) is 2. The predicted molar refractivity (Wildman–Crippen MR) is 98.4 cm³/mol. The average Bonchev–Trinajstić information content (AvgIpc) is 2.66. The Morgan fingerprint density at radius 3 is 2.64 bits per heavy atom. The molecule has 0 radical (unpaired) electrons. The van der Waals surface area contributed by atoms with E-state index in [0.29, 0.717) is 24.9 Å². The fourth-order valence-corrected chi connectivity index (χ4v) is 2.80. The third-order valence-electron chi connectivity index (χ3n) is 4.12. The number of hydrogen-bond acceptors (Lipinski definition) is 3. The van der Waals surface area contributed by atoms with Gasteiger partial charge in [0.1, 0.15) is 0 Å². The van der Waals surface area contributed by atoms with Crippen molar-refractivity contribution < 1.29 is 4.79 Å². The number of aryl methyl sites for hydroxylation is 2. The van der Waals surface area contributed by atoms with Gasteiger partial charge in [0.25, 0.3) is 0 Å². The maximum Gasteiger partial charge on any atom is 0.221 e. The van der Waals surface area contributed by atoms with Crippen molar-refractivity contribution in [3.8, 4) is 0 Å². The Bertz CT molecular complexity index is 903. The van der Waals surface area contributed by atoms with Crippen LogP contribution >= 0.6 is 0 Å². The van der Waals surface area contributed by atoms with Gasteiger partial charge >= 0.3 is 0 Å². The van der Waals surface area contributed by atoms with Crippen LogP contribution in [0, 0.1) is 0 Å². The SMILES string of the molecule is O=C(CCn1ncc(=O)c2ccccc21)NCCCc1ccccc1. The van der Waals surface area contributed by atoms with E-state index in [-0.39, 0.29) is 11.3 Å². The van der Waals surface area contributed by atoms with E-state index < -0.39 is 0 Å². The molecule has 0 spiro atoms. The number of nitrogens with one attached hydrogen (secondary N) is 1. The van der Waals surface area contributed by atoms with Crippen LogP contribution in [-0.2, 0) is 17.8 Å². The van der Waals surface area contributed by atoms with Gasteiger partial charge in [-0.1, -0.05) is 42.5 Å². The van der Waals surface area contributed by atoms with Crippen molar-refractivity contribution in [2.45, 2.75) is 25.8 Å². The van der Waals surface area contributed by atoms with E-state index in [9.17, 15) is 9.59 Å². The highest BCUT2D eigenvalue weighted by Gasteiger charge is 2.06. The summed E-state index contributed by atoms with van der Waals surface area (Å²) in [5, 5.41) is 7.71. The summed E-state index contributed by atoms with van der Waals surface area (Å²) in [6.07, 6.45) is 3.51. The van der Waals surface area contributed by atoms with Gasteiger partial charge in [0.2, 0.25) is 11.3 Å². The van der Waals surface area contributed by atoms with Crippen molar-refractivity contribution >= 4 is 16.8 Å². The molecule has 5 heteroatoms. The molecule has 3 rings (SSSR count). The lowest BCUT2D eigenvalue weighted by Gasteiger charge is -2.09. The first-order valence-electron chi connectivity index (χ1n) is 8.49. The van der Waals surface area contributed by atoms with Crippen LogP contribution in [-0.4, -0.2) is 22.2 Å². The molecule has 0 unspecified atom stereocenters. The molecule has 2 aromatic carbocycles. The third-order valence-corrected chi connectivity index (χ3v) is 4.12. The van der Waals surface area contributed by atoms with Crippen LogP contribution in [0.5, 0.6) is 0 Å². The number of benzene rings is 2. The van der Waals surface area contributed by atoms with E-state index in [1.54, 1.807) is 10.7 Å². The highest BCUT2D eigenvalue weighted by Crippen LogP contribution is 2.08. The Labute approximate surface area is 146 Å². The lowest BCUT2D eigenvalue weighted by molar-refractivity contribution is -0.121. The van der Waals surface area contributed by atoms with Crippen LogP contribution in [0.2, 0.25) is 0 Å². The Morgan fingerprint density at radius 1 is 1.04 bits per heavy atom. The summed E-state index contributed by atoms with van der Waals surface area (Å²) >= 11 is 0. The van der Waals surface area contributed by atoms with Crippen molar-refractivity contribution in [2.24, 2.45) is 0 Å². The van der Waals surface area contributed by atoms with Gasteiger partial charge in [-0.3, -0.25) is 14.3 Å². The summed E-state index contributed by atoms with van der Waals surface area (Å²) in [6.45, 7) is 1.11. The number of fused-ring (bicyclic) bond motifs is 1. The van der Waals surface area contributed by atoms with E-state index >= 15 is 0 Å². The molecule has 25 heavy (non-hydrogen) atoms. The summed E-state index contributed by atoms with van der Waals surface area (Å²) in [5.74, 6) is -0.00218. The summed E-state index contributed by atoms with van der Waals surface area (Å²) < 4.78 is 1.71. The van der Waals surface area contributed by atoms with E-state index in [0.717, 1.165) is 18.4 Å². The Kier molecular flexibility index (Phi) is 5.57. The van der Waals surface area contributed by atoms with Crippen LogP contribution in [0.15, 0.2) is 65.6 Å². The van der Waals surface area contributed by atoms with Gasteiger partial charge in [0, 0.05) is 18.4 Å². The van der Waals surface area contributed by atoms with E-state index in [4.69, 9.17) is 0 Å². The van der Waals surface area contributed by atoms with Gasteiger partial charge in [-0.25, -0.2) is 0 Å². The fraction of sp³-hybridized carbons (Fsp3) is 0.250. The highest BCUT2D eigenvalue weighted by atomic mass is 16.1. The zero-order valence-corrected chi connectivity index (χ0v) is 14.0. The maximum absolute atomic E-state index is 12.0. The molecule has 1 aromatic heterocycles. The van der Waals surface area contributed by atoms with Crippen molar-refractivity contribution in [3.05, 3.63) is 76.6 Å². The minimum absolute atomic E-state index is 0.00218. The molecule has 0 aliphatic carbocycles. The third kappa shape index (κ3) is 4.53. The monoisotopic (exact) mass is 335 g/mol. The van der Waals surface area contributed by atoms with Crippen molar-refractivity contribution in [1.29, 1.82) is 0 Å². The topological polar surface area (TPSA) is 64.0 Å².